The number of nitrogens with zero attached hydrogens (tertiary/aromatic N) is 2. The predicted molar refractivity (Wildman–Crippen MR) is 123 cm³/mol. The summed E-state index contributed by atoms with van der Waals surface area (Å²) in [5.41, 5.74) is 1.38. The van der Waals surface area contributed by atoms with Crippen molar-refractivity contribution in [3.05, 3.63) is 100 Å². The number of rotatable bonds is 4. The second-order valence-corrected chi connectivity index (χ2v) is 8.09. The Morgan fingerprint density at radius 1 is 0.968 bits per heavy atom. The minimum atomic E-state index is -0.686. The zero-order valence-corrected chi connectivity index (χ0v) is 17.1. The van der Waals surface area contributed by atoms with E-state index >= 15 is 0 Å². The monoisotopic (exact) mass is 427 g/mol. The van der Waals surface area contributed by atoms with Crippen molar-refractivity contribution < 1.29 is 9.90 Å². The van der Waals surface area contributed by atoms with Gasteiger partial charge in [0.05, 0.1) is 22.3 Å². The van der Waals surface area contributed by atoms with Gasteiger partial charge in [-0.15, -0.1) is 0 Å². The van der Waals surface area contributed by atoms with Crippen molar-refractivity contribution >= 4 is 43.5 Å². The summed E-state index contributed by atoms with van der Waals surface area (Å²) in [7, 11) is 0. The number of hydrogen-bond acceptors (Lipinski definition) is 5. The first-order valence-corrected chi connectivity index (χ1v) is 10.5. The average Bonchev–Trinajstić information content (AvgIpc) is 3.19. The van der Waals surface area contributed by atoms with E-state index in [0.29, 0.717) is 16.0 Å². The van der Waals surface area contributed by atoms with Gasteiger partial charge in [0.1, 0.15) is 11.3 Å². The lowest BCUT2D eigenvalue weighted by atomic mass is 10.1. The molecule has 0 unspecified atom stereocenters. The summed E-state index contributed by atoms with van der Waals surface area (Å²) in [6.45, 7) is 0.280. The number of para-hydroxylation sites is 2. The van der Waals surface area contributed by atoms with Crippen LogP contribution in [-0.4, -0.2) is 20.6 Å². The Balaban J connectivity index is 1.62. The SMILES string of the molecule is O=C(Nc1nc2ccccc2s1)c1c(O)c2ccccc2n(Cc2ccccc2)c1=O. The minimum Gasteiger partial charge on any atom is -0.506 e. The van der Waals surface area contributed by atoms with Crippen molar-refractivity contribution in [1.82, 2.24) is 9.55 Å². The van der Waals surface area contributed by atoms with Crippen LogP contribution in [-0.2, 0) is 6.54 Å². The molecule has 2 N–H and O–H groups in total. The molecule has 152 valence electrons. The number of aromatic nitrogens is 2. The Morgan fingerprint density at radius 3 is 2.48 bits per heavy atom. The maximum Gasteiger partial charge on any atom is 0.268 e. The molecule has 3 aromatic carbocycles. The van der Waals surface area contributed by atoms with E-state index in [0.717, 1.165) is 15.8 Å². The zero-order chi connectivity index (χ0) is 21.4. The van der Waals surface area contributed by atoms with Crippen LogP contribution in [0.5, 0.6) is 5.75 Å². The summed E-state index contributed by atoms with van der Waals surface area (Å²) >= 11 is 1.31. The van der Waals surface area contributed by atoms with E-state index in [-0.39, 0.29) is 17.9 Å². The molecule has 0 bridgehead atoms. The van der Waals surface area contributed by atoms with E-state index < -0.39 is 11.5 Å². The summed E-state index contributed by atoms with van der Waals surface area (Å²) in [6, 6.07) is 24.0. The third-order valence-electron chi connectivity index (χ3n) is 5.07. The lowest BCUT2D eigenvalue weighted by Crippen LogP contribution is -2.30. The number of benzene rings is 3. The number of aromatic hydroxyl groups is 1. The number of anilines is 1. The van der Waals surface area contributed by atoms with Gasteiger partial charge < -0.3 is 9.67 Å². The highest BCUT2D eigenvalue weighted by molar-refractivity contribution is 7.22. The maximum atomic E-state index is 13.3. The second-order valence-electron chi connectivity index (χ2n) is 7.06. The van der Waals surface area contributed by atoms with Crippen LogP contribution in [0.2, 0.25) is 0 Å². The summed E-state index contributed by atoms with van der Waals surface area (Å²) in [5.74, 6) is -1.02. The number of pyridine rings is 1. The minimum absolute atomic E-state index is 0.280. The zero-order valence-electron chi connectivity index (χ0n) is 16.3. The highest BCUT2D eigenvalue weighted by Gasteiger charge is 2.23. The smallest absolute Gasteiger partial charge is 0.268 e. The van der Waals surface area contributed by atoms with Gasteiger partial charge in [0, 0.05) is 5.39 Å². The van der Waals surface area contributed by atoms with Crippen LogP contribution in [0.3, 0.4) is 0 Å². The molecule has 0 fully saturated rings. The van der Waals surface area contributed by atoms with E-state index in [4.69, 9.17) is 0 Å². The molecule has 6 nitrogen and oxygen atoms in total. The molecule has 0 saturated heterocycles. The van der Waals surface area contributed by atoms with E-state index in [1.807, 2.05) is 54.6 Å². The summed E-state index contributed by atoms with van der Waals surface area (Å²) in [4.78, 5) is 30.8. The first-order chi connectivity index (χ1) is 15.1. The molecule has 0 spiro atoms. The highest BCUT2D eigenvalue weighted by Crippen LogP contribution is 2.29. The molecule has 5 aromatic rings. The maximum absolute atomic E-state index is 13.3. The van der Waals surface area contributed by atoms with Gasteiger partial charge in [0.15, 0.2) is 5.13 Å². The van der Waals surface area contributed by atoms with Crippen molar-refractivity contribution in [2.24, 2.45) is 0 Å². The Labute approximate surface area is 181 Å². The van der Waals surface area contributed by atoms with Crippen molar-refractivity contribution in [2.45, 2.75) is 6.54 Å². The number of thiazole rings is 1. The van der Waals surface area contributed by atoms with E-state index in [2.05, 4.69) is 10.3 Å². The molecular weight excluding hydrogens is 410 g/mol. The first kappa shape index (κ1) is 19.0. The van der Waals surface area contributed by atoms with Gasteiger partial charge in [-0.25, -0.2) is 4.98 Å². The van der Waals surface area contributed by atoms with Crippen LogP contribution in [0.25, 0.3) is 21.1 Å². The van der Waals surface area contributed by atoms with Crippen LogP contribution in [0.15, 0.2) is 83.7 Å². The molecular formula is C24H17N3O3S. The lowest BCUT2D eigenvalue weighted by Gasteiger charge is -2.14. The number of hydrogen-bond donors (Lipinski definition) is 2. The molecule has 31 heavy (non-hydrogen) atoms. The van der Waals surface area contributed by atoms with Crippen LogP contribution < -0.4 is 10.9 Å². The van der Waals surface area contributed by atoms with Crippen molar-refractivity contribution in [3.63, 3.8) is 0 Å². The molecule has 2 aromatic heterocycles. The normalized spacial score (nSPS) is 11.1. The Morgan fingerprint density at radius 2 is 1.68 bits per heavy atom. The topological polar surface area (TPSA) is 84.2 Å². The van der Waals surface area contributed by atoms with Gasteiger partial charge in [0.25, 0.3) is 11.5 Å². The summed E-state index contributed by atoms with van der Waals surface area (Å²) in [5, 5.41) is 14.3. The molecule has 7 heteroatoms. The Hall–Kier alpha value is -3.97. The molecule has 0 radical (unpaired) electrons. The van der Waals surface area contributed by atoms with E-state index in [1.54, 1.807) is 24.3 Å². The number of carbonyl (C=O) groups excluding carboxylic acids is 1. The first-order valence-electron chi connectivity index (χ1n) is 9.67. The van der Waals surface area contributed by atoms with Gasteiger partial charge in [0.2, 0.25) is 0 Å². The summed E-state index contributed by atoms with van der Waals surface area (Å²) in [6.07, 6.45) is 0. The molecule has 1 amide bonds. The van der Waals surface area contributed by atoms with Crippen LogP contribution in [0, 0.1) is 0 Å². The Bertz CT molecular complexity index is 1460. The third-order valence-corrected chi connectivity index (χ3v) is 6.02. The van der Waals surface area contributed by atoms with Crippen molar-refractivity contribution in [1.29, 1.82) is 0 Å². The van der Waals surface area contributed by atoms with Crippen LogP contribution in [0.1, 0.15) is 15.9 Å². The van der Waals surface area contributed by atoms with Gasteiger partial charge in [-0.3, -0.25) is 14.9 Å². The Kier molecular flexibility index (Phi) is 4.72. The number of carbonyl (C=O) groups is 1. The second kappa shape index (κ2) is 7.70. The largest absolute Gasteiger partial charge is 0.506 e. The van der Waals surface area contributed by atoms with Crippen molar-refractivity contribution in [3.8, 4) is 5.75 Å². The lowest BCUT2D eigenvalue weighted by molar-refractivity contribution is 0.102. The fraction of sp³-hybridized carbons (Fsp3) is 0.0417. The molecule has 0 atom stereocenters. The fourth-order valence-corrected chi connectivity index (χ4v) is 4.46. The van der Waals surface area contributed by atoms with Crippen LogP contribution in [0.4, 0.5) is 5.13 Å². The van der Waals surface area contributed by atoms with Gasteiger partial charge in [-0.1, -0.05) is 65.9 Å². The number of fused-ring (bicyclic) bond motifs is 2. The van der Waals surface area contributed by atoms with Gasteiger partial charge >= 0.3 is 0 Å². The highest BCUT2D eigenvalue weighted by atomic mass is 32.1. The van der Waals surface area contributed by atoms with E-state index in [1.165, 1.54) is 15.9 Å². The number of nitrogens with one attached hydrogen (secondary N) is 1. The predicted octanol–water partition coefficient (Wildman–Crippen LogP) is 4.62. The molecule has 0 aliphatic carbocycles. The standard InChI is InChI=1S/C24H17N3O3S/c28-21-16-10-4-6-12-18(16)27(14-15-8-2-1-3-9-15)23(30)20(21)22(29)26-24-25-17-11-5-7-13-19(17)31-24/h1-13,28H,14H2,(H,25,26,29). The molecule has 2 heterocycles. The van der Waals surface area contributed by atoms with Gasteiger partial charge in [-0.05, 0) is 29.8 Å². The summed E-state index contributed by atoms with van der Waals surface area (Å²) < 4.78 is 2.43. The number of amides is 1. The average molecular weight is 427 g/mol. The molecule has 5 rings (SSSR count). The molecule has 0 aliphatic rings. The van der Waals surface area contributed by atoms with Crippen LogP contribution >= 0.6 is 11.3 Å². The molecule has 0 aliphatic heterocycles. The quantitative estimate of drug-likeness (QED) is 0.438. The fourth-order valence-electron chi connectivity index (χ4n) is 3.60. The van der Waals surface area contributed by atoms with Crippen molar-refractivity contribution in [2.75, 3.05) is 5.32 Å². The van der Waals surface area contributed by atoms with Gasteiger partial charge in [-0.2, -0.15) is 0 Å². The van der Waals surface area contributed by atoms with E-state index in [9.17, 15) is 14.7 Å². The third kappa shape index (κ3) is 3.45. The molecule has 0 saturated carbocycles.